The first kappa shape index (κ1) is 14.6. The van der Waals surface area contributed by atoms with Crippen LogP contribution in [0.3, 0.4) is 0 Å². The van der Waals surface area contributed by atoms with Crippen molar-refractivity contribution in [2.45, 2.75) is 33.2 Å². The second-order valence-electron chi connectivity index (χ2n) is 5.39. The van der Waals surface area contributed by atoms with Crippen molar-refractivity contribution in [3.05, 3.63) is 29.9 Å². The van der Waals surface area contributed by atoms with E-state index in [0.29, 0.717) is 0 Å². The van der Waals surface area contributed by atoms with Crippen LogP contribution < -0.4 is 5.73 Å². The van der Waals surface area contributed by atoms with Crippen molar-refractivity contribution in [2.75, 3.05) is 0 Å². The molecule has 0 aliphatic carbocycles. The lowest BCUT2D eigenvalue weighted by Gasteiger charge is -2.22. The highest BCUT2D eigenvalue weighted by atomic mass is 32.1. The Morgan fingerprint density at radius 3 is 3.00 bits per heavy atom. The van der Waals surface area contributed by atoms with Crippen molar-refractivity contribution < 1.29 is 5.21 Å². The maximum absolute atomic E-state index is 8.77. The van der Waals surface area contributed by atoms with Gasteiger partial charge in [0, 0.05) is 24.4 Å². The van der Waals surface area contributed by atoms with Crippen LogP contribution in [0.4, 0.5) is 0 Å². The van der Waals surface area contributed by atoms with E-state index in [1.807, 2.05) is 32.3 Å². The lowest BCUT2D eigenvalue weighted by molar-refractivity contribution is 0.304. The van der Waals surface area contributed by atoms with E-state index in [1.165, 1.54) is 4.88 Å². The minimum atomic E-state index is -0.293. The van der Waals surface area contributed by atoms with E-state index < -0.39 is 0 Å². The normalized spacial score (nSPS) is 12.8. The van der Waals surface area contributed by atoms with Crippen LogP contribution in [-0.4, -0.2) is 20.6 Å². The summed E-state index contributed by atoms with van der Waals surface area (Å²) in [6.45, 7) is 4.83. The number of nitrogens with two attached hydrogens (primary N) is 1. The highest BCUT2D eigenvalue weighted by molar-refractivity contribution is 7.13. The zero-order valence-electron chi connectivity index (χ0n) is 11.8. The number of oxime groups is 1. The van der Waals surface area contributed by atoms with Crippen molar-refractivity contribution in [3.63, 3.8) is 0 Å². The topological polar surface area (TPSA) is 76.4 Å². The van der Waals surface area contributed by atoms with Gasteiger partial charge in [-0.3, -0.25) is 0 Å². The maximum Gasteiger partial charge on any atom is 0.149 e. The summed E-state index contributed by atoms with van der Waals surface area (Å²) in [4.78, 5) is 5.58. The second kappa shape index (κ2) is 6.09. The summed E-state index contributed by atoms with van der Waals surface area (Å²) >= 11 is 1.69. The van der Waals surface area contributed by atoms with E-state index in [1.54, 1.807) is 11.3 Å². The van der Waals surface area contributed by atoms with E-state index >= 15 is 0 Å². The van der Waals surface area contributed by atoms with E-state index in [0.717, 1.165) is 25.2 Å². The van der Waals surface area contributed by atoms with Gasteiger partial charge in [-0.05, 0) is 24.3 Å². The van der Waals surface area contributed by atoms with E-state index in [-0.39, 0.29) is 11.3 Å². The van der Waals surface area contributed by atoms with Crippen LogP contribution in [0, 0.1) is 5.41 Å². The molecule has 0 aliphatic heterocycles. The van der Waals surface area contributed by atoms with E-state index in [2.05, 4.69) is 26.2 Å². The molecule has 0 radical (unpaired) electrons. The molecule has 0 bridgehead atoms. The molecule has 0 atom stereocenters. The Labute approximate surface area is 122 Å². The molecule has 108 valence electrons. The number of nitrogens with zero attached hydrogens (tertiary/aromatic N) is 3. The molecule has 3 N–H and O–H groups in total. The monoisotopic (exact) mass is 292 g/mol. The number of amidine groups is 1. The molecular formula is C14H20N4OS. The standard InChI is InChI=1S/C14H20N4OS/c1-14(2,13(15)17-19)6-4-8-18-9-7-16-12(18)11-5-3-10-20-11/h3,5,7,9-10,19H,4,6,8H2,1-2H3,(H2,15,17). The number of aromatic nitrogens is 2. The number of aryl methyl sites for hydroxylation is 1. The molecule has 6 heteroatoms. The molecule has 20 heavy (non-hydrogen) atoms. The molecule has 0 fully saturated rings. The van der Waals surface area contributed by atoms with Gasteiger partial charge in [0.25, 0.3) is 0 Å². The Morgan fingerprint density at radius 2 is 2.35 bits per heavy atom. The first-order chi connectivity index (χ1) is 9.54. The van der Waals surface area contributed by atoms with E-state index in [9.17, 15) is 0 Å². The summed E-state index contributed by atoms with van der Waals surface area (Å²) in [6.07, 6.45) is 5.61. The predicted octanol–water partition coefficient (Wildman–Crippen LogP) is 3.16. The van der Waals surface area contributed by atoms with Crippen molar-refractivity contribution in [1.82, 2.24) is 9.55 Å². The molecule has 2 aromatic rings. The predicted molar refractivity (Wildman–Crippen MR) is 82.0 cm³/mol. The van der Waals surface area contributed by atoms with Crippen molar-refractivity contribution >= 4 is 17.2 Å². The molecular weight excluding hydrogens is 272 g/mol. The number of hydrogen-bond donors (Lipinski definition) is 2. The van der Waals surface area contributed by atoms with Crippen LogP contribution in [0.25, 0.3) is 10.7 Å². The fourth-order valence-electron chi connectivity index (χ4n) is 2.08. The van der Waals surface area contributed by atoms with Gasteiger partial charge in [0.05, 0.1) is 4.88 Å². The highest BCUT2D eigenvalue weighted by Gasteiger charge is 2.23. The van der Waals surface area contributed by atoms with Gasteiger partial charge in [0.1, 0.15) is 11.7 Å². The molecule has 2 aromatic heterocycles. The van der Waals surface area contributed by atoms with Crippen molar-refractivity contribution in [1.29, 1.82) is 0 Å². The Balaban J connectivity index is 1.98. The van der Waals surface area contributed by atoms with Gasteiger partial charge in [-0.15, -0.1) is 11.3 Å². The van der Waals surface area contributed by atoms with Crippen molar-refractivity contribution in [3.8, 4) is 10.7 Å². The smallest absolute Gasteiger partial charge is 0.149 e. The largest absolute Gasteiger partial charge is 0.409 e. The zero-order valence-corrected chi connectivity index (χ0v) is 12.6. The molecule has 2 heterocycles. The molecule has 5 nitrogen and oxygen atoms in total. The summed E-state index contributed by atoms with van der Waals surface area (Å²) < 4.78 is 2.15. The Morgan fingerprint density at radius 1 is 1.55 bits per heavy atom. The highest BCUT2D eigenvalue weighted by Crippen LogP contribution is 2.25. The van der Waals surface area contributed by atoms with Crippen molar-refractivity contribution in [2.24, 2.45) is 16.3 Å². The van der Waals surface area contributed by atoms with Crippen LogP contribution in [0.1, 0.15) is 26.7 Å². The van der Waals surface area contributed by atoms with E-state index in [4.69, 9.17) is 10.9 Å². The fourth-order valence-corrected chi connectivity index (χ4v) is 2.81. The van der Waals surface area contributed by atoms with Gasteiger partial charge in [-0.1, -0.05) is 25.1 Å². The molecule has 0 spiro atoms. The number of thiophene rings is 1. The first-order valence-electron chi connectivity index (χ1n) is 6.57. The SMILES string of the molecule is CC(C)(CCCn1ccnc1-c1cccs1)C(N)=NO. The lowest BCUT2D eigenvalue weighted by Crippen LogP contribution is -2.32. The summed E-state index contributed by atoms with van der Waals surface area (Å²) in [5.41, 5.74) is 5.41. The average molecular weight is 292 g/mol. The minimum absolute atomic E-state index is 0.279. The lowest BCUT2D eigenvalue weighted by atomic mass is 9.86. The quantitative estimate of drug-likeness (QED) is 0.371. The average Bonchev–Trinajstić information content (AvgIpc) is 3.07. The summed E-state index contributed by atoms with van der Waals surface area (Å²) in [5, 5.41) is 13.9. The number of hydrogen-bond acceptors (Lipinski definition) is 4. The van der Waals surface area contributed by atoms with Crippen LogP contribution in [-0.2, 0) is 6.54 Å². The molecule has 0 saturated carbocycles. The molecule has 2 rings (SSSR count). The Kier molecular flexibility index (Phi) is 4.44. The number of rotatable bonds is 6. The second-order valence-corrected chi connectivity index (χ2v) is 6.34. The Bertz CT molecular complexity index is 572. The van der Waals surface area contributed by atoms with Crippen LogP contribution >= 0.6 is 11.3 Å². The van der Waals surface area contributed by atoms with Crippen LogP contribution in [0.15, 0.2) is 35.1 Å². The fraction of sp³-hybridized carbons (Fsp3) is 0.429. The summed E-state index contributed by atoms with van der Waals surface area (Å²) in [7, 11) is 0. The van der Waals surface area contributed by atoms with Gasteiger partial charge in [-0.2, -0.15) is 0 Å². The van der Waals surface area contributed by atoms with Crippen LogP contribution in [0.5, 0.6) is 0 Å². The molecule has 0 saturated heterocycles. The van der Waals surface area contributed by atoms with Gasteiger partial charge < -0.3 is 15.5 Å². The summed E-state index contributed by atoms with van der Waals surface area (Å²) in [5.74, 6) is 1.28. The number of imidazole rings is 1. The molecule has 0 amide bonds. The third-order valence-electron chi connectivity index (χ3n) is 3.46. The zero-order chi connectivity index (χ0) is 14.6. The van der Waals surface area contributed by atoms with Gasteiger partial charge in [-0.25, -0.2) is 4.98 Å². The minimum Gasteiger partial charge on any atom is -0.409 e. The van der Waals surface area contributed by atoms with Gasteiger partial charge in [0.2, 0.25) is 0 Å². The molecule has 0 aliphatic rings. The van der Waals surface area contributed by atoms with Gasteiger partial charge in [0.15, 0.2) is 0 Å². The third kappa shape index (κ3) is 3.19. The van der Waals surface area contributed by atoms with Crippen LogP contribution in [0.2, 0.25) is 0 Å². The first-order valence-corrected chi connectivity index (χ1v) is 7.45. The molecule has 0 unspecified atom stereocenters. The third-order valence-corrected chi connectivity index (χ3v) is 4.32. The summed E-state index contributed by atoms with van der Waals surface area (Å²) in [6, 6.07) is 4.10. The maximum atomic E-state index is 8.77. The molecule has 0 aromatic carbocycles. The Hall–Kier alpha value is -1.82. The van der Waals surface area contributed by atoms with Gasteiger partial charge >= 0.3 is 0 Å².